The number of carbonyl (C=O) groups is 3. The number of benzene rings is 1. The second-order valence-electron chi connectivity index (χ2n) is 6.86. The molecule has 29 heavy (non-hydrogen) atoms. The minimum atomic E-state index is -1.57. The molecule has 2 rings (SSSR count). The maximum absolute atomic E-state index is 12.0. The summed E-state index contributed by atoms with van der Waals surface area (Å²) in [6.45, 7) is 0.450. The van der Waals surface area contributed by atoms with E-state index in [1.165, 1.54) is 17.0 Å². The van der Waals surface area contributed by atoms with Gasteiger partial charge in [-0.05, 0) is 30.8 Å². The highest BCUT2D eigenvalue weighted by atomic mass is 16.5. The second kappa shape index (κ2) is 9.59. The molecule has 0 saturated carbocycles. The van der Waals surface area contributed by atoms with Gasteiger partial charge in [0.05, 0.1) is 19.1 Å². The predicted molar refractivity (Wildman–Crippen MR) is 101 cm³/mol. The second-order valence-corrected chi connectivity index (χ2v) is 6.86. The van der Waals surface area contributed by atoms with Crippen LogP contribution in [0.2, 0.25) is 6.32 Å². The maximum atomic E-state index is 12.0. The van der Waals surface area contributed by atoms with Gasteiger partial charge in [0.25, 0.3) is 0 Å². The van der Waals surface area contributed by atoms with E-state index in [0.717, 1.165) is 0 Å². The molecule has 1 atom stereocenters. The van der Waals surface area contributed by atoms with Crippen LogP contribution >= 0.6 is 0 Å². The number of nitrogens with zero attached hydrogens (tertiary/aromatic N) is 1. The summed E-state index contributed by atoms with van der Waals surface area (Å²) in [5.74, 6) is -2.84. The molecule has 11 nitrogen and oxygen atoms in total. The number of aromatic carboxylic acids is 1. The van der Waals surface area contributed by atoms with E-state index in [-0.39, 0.29) is 55.9 Å². The fraction of sp³-hybridized carbons (Fsp3) is 0.471. The average Bonchev–Trinajstić information content (AvgIpc) is 2.60. The van der Waals surface area contributed by atoms with E-state index in [4.69, 9.17) is 26.3 Å². The Balaban J connectivity index is 1.96. The van der Waals surface area contributed by atoms with Crippen molar-refractivity contribution in [2.45, 2.75) is 37.7 Å². The lowest BCUT2D eigenvalue weighted by atomic mass is 9.82. The third kappa shape index (κ3) is 5.83. The molecule has 1 heterocycles. The number of hydrogen-bond acceptors (Lipinski definition) is 8. The number of amides is 2. The Kier molecular flexibility index (Phi) is 7.43. The Morgan fingerprint density at radius 3 is 2.48 bits per heavy atom. The molecule has 0 aliphatic carbocycles. The molecule has 0 spiro atoms. The lowest BCUT2D eigenvalue weighted by molar-refractivity contribution is -0.140. The van der Waals surface area contributed by atoms with Crippen molar-refractivity contribution in [3.63, 3.8) is 0 Å². The normalized spacial score (nSPS) is 14.8. The van der Waals surface area contributed by atoms with Gasteiger partial charge in [-0.1, -0.05) is 6.07 Å². The summed E-state index contributed by atoms with van der Waals surface area (Å²) < 4.78 is 5.62. The van der Waals surface area contributed by atoms with Crippen LogP contribution in [0.5, 0.6) is 11.5 Å². The van der Waals surface area contributed by atoms with Gasteiger partial charge in [0, 0.05) is 6.42 Å². The van der Waals surface area contributed by atoms with E-state index >= 15 is 0 Å². The Labute approximate surface area is 167 Å². The summed E-state index contributed by atoms with van der Waals surface area (Å²) in [5.41, 5.74) is 10.4. The van der Waals surface area contributed by atoms with Crippen LogP contribution in [0.4, 0.5) is 0 Å². The van der Waals surface area contributed by atoms with Crippen molar-refractivity contribution >= 4 is 24.9 Å². The van der Waals surface area contributed by atoms with E-state index in [9.17, 15) is 24.6 Å². The Bertz CT molecular complexity index is 782. The molecule has 0 aromatic heterocycles. The van der Waals surface area contributed by atoms with Crippen LogP contribution in [0.1, 0.15) is 28.8 Å². The predicted octanol–water partition coefficient (Wildman–Crippen LogP) is -1.71. The molecule has 1 unspecified atom stereocenters. The Morgan fingerprint density at radius 2 is 1.93 bits per heavy atom. The summed E-state index contributed by atoms with van der Waals surface area (Å²) in [7, 11) is -1.57. The minimum absolute atomic E-state index is 0.0452. The number of likely N-dealkylation sites (tertiary alicyclic amines) is 1. The highest BCUT2D eigenvalue weighted by molar-refractivity contribution is 6.41. The van der Waals surface area contributed by atoms with Crippen molar-refractivity contribution in [1.29, 1.82) is 0 Å². The number of primary amides is 1. The monoisotopic (exact) mass is 409 g/mol. The zero-order chi connectivity index (χ0) is 21.7. The van der Waals surface area contributed by atoms with Crippen molar-refractivity contribution in [2.24, 2.45) is 11.5 Å². The molecule has 158 valence electrons. The van der Waals surface area contributed by atoms with Gasteiger partial charge in [-0.3, -0.25) is 9.59 Å². The van der Waals surface area contributed by atoms with Gasteiger partial charge in [0.15, 0.2) is 0 Å². The maximum Gasteiger partial charge on any atom is 0.451 e. The smallest absolute Gasteiger partial charge is 0.451 e. The SMILES string of the molecule is NC(=O)C(N)CCC(=O)N1CC(Oc2ccc(CCB(O)O)c(O)c2C(=O)O)C1. The van der Waals surface area contributed by atoms with E-state index in [2.05, 4.69) is 0 Å². The number of carboxylic acids is 1. The van der Waals surface area contributed by atoms with Crippen molar-refractivity contribution in [3.8, 4) is 11.5 Å². The van der Waals surface area contributed by atoms with Gasteiger partial charge in [-0.25, -0.2) is 4.79 Å². The number of ether oxygens (including phenoxy) is 1. The molecule has 8 N–H and O–H groups in total. The number of hydrogen-bond donors (Lipinski definition) is 6. The average molecular weight is 409 g/mol. The van der Waals surface area contributed by atoms with Crippen molar-refractivity contribution in [1.82, 2.24) is 4.90 Å². The first-order chi connectivity index (χ1) is 13.6. The van der Waals surface area contributed by atoms with Crippen LogP contribution in [0, 0.1) is 0 Å². The van der Waals surface area contributed by atoms with Crippen LogP contribution in [-0.2, 0) is 16.0 Å². The first-order valence-electron chi connectivity index (χ1n) is 9.03. The fourth-order valence-corrected chi connectivity index (χ4v) is 2.88. The largest absolute Gasteiger partial charge is 0.507 e. The summed E-state index contributed by atoms with van der Waals surface area (Å²) in [5, 5.41) is 37.5. The van der Waals surface area contributed by atoms with Gasteiger partial charge in [0.1, 0.15) is 23.2 Å². The summed E-state index contributed by atoms with van der Waals surface area (Å²) in [6.07, 6.45) is -0.248. The molecule has 0 bridgehead atoms. The van der Waals surface area contributed by atoms with E-state index in [1.807, 2.05) is 0 Å². The lowest BCUT2D eigenvalue weighted by Crippen LogP contribution is -2.56. The Hall–Kier alpha value is -2.83. The molecular weight excluding hydrogens is 385 g/mol. The summed E-state index contributed by atoms with van der Waals surface area (Å²) in [4.78, 5) is 36.0. The number of aryl methyl sites for hydroxylation is 1. The molecule has 2 amide bonds. The quantitative estimate of drug-likeness (QED) is 0.244. The first-order valence-corrected chi connectivity index (χ1v) is 9.03. The number of phenols is 1. The molecular formula is C17H24BN3O8. The van der Waals surface area contributed by atoms with Gasteiger partial charge in [0.2, 0.25) is 11.8 Å². The summed E-state index contributed by atoms with van der Waals surface area (Å²) in [6, 6.07) is 1.95. The molecule has 1 fully saturated rings. The number of rotatable bonds is 10. The fourth-order valence-electron chi connectivity index (χ4n) is 2.88. The van der Waals surface area contributed by atoms with Crippen LogP contribution in [0.25, 0.3) is 0 Å². The highest BCUT2D eigenvalue weighted by Gasteiger charge is 2.34. The molecule has 1 aliphatic rings. The van der Waals surface area contributed by atoms with Gasteiger partial charge in [-0.2, -0.15) is 0 Å². The molecule has 1 saturated heterocycles. The third-order valence-corrected chi connectivity index (χ3v) is 4.64. The minimum Gasteiger partial charge on any atom is -0.507 e. The van der Waals surface area contributed by atoms with Crippen LogP contribution in [0.3, 0.4) is 0 Å². The van der Waals surface area contributed by atoms with E-state index in [1.54, 1.807) is 0 Å². The van der Waals surface area contributed by atoms with E-state index < -0.39 is 42.5 Å². The van der Waals surface area contributed by atoms with Gasteiger partial charge < -0.3 is 41.4 Å². The number of carbonyl (C=O) groups excluding carboxylic acids is 2. The first kappa shape index (κ1) is 22.5. The Morgan fingerprint density at radius 1 is 1.28 bits per heavy atom. The zero-order valence-electron chi connectivity index (χ0n) is 15.7. The van der Waals surface area contributed by atoms with Crippen LogP contribution < -0.4 is 16.2 Å². The van der Waals surface area contributed by atoms with Crippen molar-refractivity contribution in [2.75, 3.05) is 13.1 Å². The molecule has 0 radical (unpaired) electrons. The summed E-state index contributed by atoms with van der Waals surface area (Å²) >= 11 is 0. The van der Waals surface area contributed by atoms with Crippen molar-refractivity contribution in [3.05, 3.63) is 23.3 Å². The molecule has 1 aromatic rings. The lowest BCUT2D eigenvalue weighted by Gasteiger charge is -2.39. The molecule has 12 heteroatoms. The standard InChI is InChI=1S/C17H24BN3O8/c19-11(16(20)24)2-4-13(22)21-7-10(8-21)29-12-3-1-9(5-6-18(27)28)15(23)14(12)17(25)26/h1,3,10-11,23,27-28H,2,4-8,19H2,(H2,20,24)(H,25,26). The van der Waals surface area contributed by atoms with Gasteiger partial charge >= 0.3 is 13.1 Å². The van der Waals surface area contributed by atoms with Crippen LogP contribution in [0.15, 0.2) is 12.1 Å². The number of carboxylic acid groups (broad SMARTS) is 1. The topological polar surface area (TPSA) is 197 Å². The number of aromatic hydroxyl groups is 1. The third-order valence-electron chi connectivity index (χ3n) is 4.64. The number of nitrogens with two attached hydrogens (primary N) is 2. The van der Waals surface area contributed by atoms with Gasteiger partial charge in [-0.15, -0.1) is 0 Å². The van der Waals surface area contributed by atoms with E-state index in [0.29, 0.717) is 0 Å². The zero-order valence-corrected chi connectivity index (χ0v) is 15.7. The molecule has 1 aromatic carbocycles. The highest BCUT2D eigenvalue weighted by Crippen LogP contribution is 2.34. The van der Waals surface area contributed by atoms with Crippen molar-refractivity contribution < 1.29 is 39.4 Å². The molecule has 1 aliphatic heterocycles. The van der Waals surface area contributed by atoms with Crippen LogP contribution in [-0.4, -0.2) is 75.3 Å².